The fourth-order valence-corrected chi connectivity index (χ4v) is 2.17. The Kier molecular flexibility index (Phi) is 10.5. The number of ether oxygens (including phenoxy) is 3. The predicted molar refractivity (Wildman–Crippen MR) is 103 cm³/mol. The number of alkyl halides is 3. The van der Waals surface area contributed by atoms with E-state index in [-0.39, 0.29) is 11.5 Å². The van der Waals surface area contributed by atoms with Crippen molar-refractivity contribution in [3.63, 3.8) is 0 Å². The smallest absolute Gasteiger partial charge is 0.422 e. The summed E-state index contributed by atoms with van der Waals surface area (Å²) < 4.78 is 52.3. The molecule has 2 N–H and O–H groups in total. The number of nitrogens with one attached hydrogen (secondary N) is 2. The van der Waals surface area contributed by atoms with E-state index < -0.39 is 12.8 Å². The van der Waals surface area contributed by atoms with Crippen molar-refractivity contribution in [1.82, 2.24) is 10.6 Å². The molecule has 0 aliphatic heterocycles. The summed E-state index contributed by atoms with van der Waals surface area (Å²) in [5.41, 5.74) is 0.812. The van der Waals surface area contributed by atoms with Gasteiger partial charge in [0.05, 0.1) is 13.7 Å². The number of guanidine groups is 1. The van der Waals surface area contributed by atoms with E-state index in [0.29, 0.717) is 31.6 Å². The third-order valence-corrected chi connectivity index (χ3v) is 3.68. The molecule has 0 radical (unpaired) electrons. The fourth-order valence-electron chi connectivity index (χ4n) is 2.17. The third-order valence-electron chi connectivity index (χ3n) is 3.68. The summed E-state index contributed by atoms with van der Waals surface area (Å²) in [5, 5.41) is 6.27. The molecule has 0 spiro atoms. The minimum atomic E-state index is -4.40. The molecule has 0 saturated carbocycles. The van der Waals surface area contributed by atoms with Gasteiger partial charge >= 0.3 is 6.18 Å². The molecule has 1 rings (SSSR count). The van der Waals surface area contributed by atoms with Crippen molar-refractivity contribution in [2.24, 2.45) is 10.9 Å². The van der Waals surface area contributed by atoms with Crippen LogP contribution in [0, 0.1) is 5.92 Å². The zero-order valence-corrected chi connectivity index (χ0v) is 16.9. The Morgan fingerprint density at radius 1 is 1.14 bits per heavy atom. The van der Waals surface area contributed by atoms with Crippen LogP contribution in [-0.2, 0) is 11.3 Å². The normalized spacial score (nSPS) is 12.2. The summed E-state index contributed by atoms with van der Waals surface area (Å²) in [6.45, 7) is 5.28. The summed E-state index contributed by atoms with van der Waals surface area (Å²) in [4.78, 5) is 4.12. The zero-order chi connectivity index (χ0) is 21.0. The van der Waals surface area contributed by atoms with E-state index in [1.54, 1.807) is 19.2 Å². The van der Waals surface area contributed by atoms with Crippen molar-refractivity contribution in [1.29, 1.82) is 0 Å². The predicted octanol–water partition coefficient (Wildman–Crippen LogP) is 3.36. The van der Waals surface area contributed by atoms with Crippen LogP contribution in [0.5, 0.6) is 11.5 Å². The molecule has 6 nitrogen and oxygen atoms in total. The van der Waals surface area contributed by atoms with Crippen LogP contribution in [-0.4, -0.2) is 52.7 Å². The van der Waals surface area contributed by atoms with Gasteiger partial charge in [0.15, 0.2) is 24.1 Å². The highest BCUT2D eigenvalue weighted by molar-refractivity contribution is 5.79. The van der Waals surface area contributed by atoms with Crippen molar-refractivity contribution in [3.8, 4) is 11.5 Å². The van der Waals surface area contributed by atoms with Gasteiger partial charge in [0.25, 0.3) is 0 Å². The Balaban J connectivity index is 2.45. The van der Waals surface area contributed by atoms with E-state index >= 15 is 0 Å². The molecule has 0 amide bonds. The Morgan fingerprint density at radius 3 is 2.50 bits per heavy atom. The van der Waals surface area contributed by atoms with Gasteiger partial charge in [-0.05, 0) is 30.0 Å². The Bertz CT molecular complexity index is 608. The lowest BCUT2D eigenvalue weighted by Gasteiger charge is -2.15. The molecule has 0 unspecified atom stereocenters. The molecule has 1 aromatic carbocycles. The van der Waals surface area contributed by atoms with E-state index in [9.17, 15) is 13.2 Å². The van der Waals surface area contributed by atoms with Gasteiger partial charge in [-0.15, -0.1) is 0 Å². The second-order valence-electron chi connectivity index (χ2n) is 6.54. The number of aliphatic imine (C=N–C) groups is 1. The quantitative estimate of drug-likeness (QED) is 0.336. The lowest BCUT2D eigenvalue weighted by molar-refractivity contribution is -0.153. The summed E-state index contributed by atoms with van der Waals surface area (Å²) in [6, 6.07) is 4.75. The Morgan fingerprint density at radius 2 is 1.89 bits per heavy atom. The van der Waals surface area contributed by atoms with E-state index in [2.05, 4.69) is 29.5 Å². The highest BCUT2D eigenvalue weighted by atomic mass is 19.4. The minimum Gasteiger partial charge on any atom is -0.493 e. The minimum absolute atomic E-state index is 0.0460. The van der Waals surface area contributed by atoms with E-state index in [1.807, 2.05) is 0 Å². The fraction of sp³-hybridized carbons (Fsp3) is 0.632. The Labute approximate surface area is 164 Å². The van der Waals surface area contributed by atoms with E-state index in [4.69, 9.17) is 14.2 Å². The van der Waals surface area contributed by atoms with Gasteiger partial charge in [-0.3, -0.25) is 4.99 Å². The van der Waals surface area contributed by atoms with Gasteiger partial charge in [0.2, 0.25) is 0 Å². The standard InChI is InChI=1S/C19H30F3N3O3/c1-14(2)7-9-27-10-8-24-18(23-3)25-12-15-5-6-16(17(11-15)26-4)28-13-19(20,21)22/h5-6,11,14H,7-10,12-13H2,1-4H3,(H2,23,24,25). The maximum atomic E-state index is 12.3. The molecule has 0 aliphatic carbocycles. The first-order chi connectivity index (χ1) is 13.2. The first-order valence-electron chi connectivity index (χ1n) is 9.14. The SMILES string of the molecule is CN=C(NCCOCCC(C)C)NCc1ccc(OCC(F)(F)F)c(OC)c1. The lowest BCUT2D eigenvalue weighted by Crippen LogP contribution is -2.38. The Hall–Kier alpha value is -2.16. The van der Waals surface area contributed by atoms with Crippen LogP contribution >= 0.6 is 0 Å². The third kappa shape index (κ3) is 10.2. The summed E-state index contributed by atoms with van der Waals surface area (Å²) in [5.74, 6) is 1.50. The number of benzene rings is 1. The molecular formula is C19H30F3N3O3. The second-order valence-corrected chi connectivity index (χ2v) is 6.54. The largest absolute Gasteiger partial charge is 0.493 e. The summed E-state index contributed by atoms with van der Waals surface area (Å²) in [6.07, 6.45) is -3.38. The average molecular weight is 405 g/mol. The van der Waals surface area contributed by atoms with Crippen LogP contribution in [0.2, 0.25) is 0 Å². The number of hydrogen-bond donors (Lipinski definition) is 2. The summed E-state index contributed by atoms with van der Waals surface area (Å²) >= 11 is 0. The number of methoxy groups -OCH3 is 1. The average Bonchev–Trinajstić information content (AvgIpc) is 2.64. The maximum Gasteiger partial charge on any atom is 0.422 e. The van der Waals surface area contributed by atoms with Crippen LogP contribution < -0.4 is 20.1 Å². The van der Waals surface area contributed by atoms with Gasteiger partial charge < -0.3 is 24.8 Å². The molecule has 9 heteroatoms. The van der Waals surface area contributed by atoms with E-state index in [1.165, 1.54) is 13.2 Å². The monoisotopic (exact) mass is 405 g/mol. The van der Waals surface area contributed by atoms with Crippen molar-refractivity contribution >= 4 is 5.96 Å². The van der Waals surface area contributed by atoms with Crippen LogP contribution in [0.1, 0.15) is 25.8 Å². The number of hydrogen-bond acceptors (Lipinski definition) is 4. The molecule has 0 heterocycles. The van der Waals surface area contributed by atoms with Crippen LogP contribution in [0.4, 0.5) is 13.2 Å². The molecule has 0 atom stereocenters. The number of halogens is 3. The van der Waals surface area contributed by atoms with Crippen molar-refractivity contribution in [2.75, 3.05) is 40.5 Å². The van der Waals surface area contributed by atoms with Crippen molar-refractivity contribution < 1.29 is 27.4 Å². The summed E-state index contributed by atoms with van der Waals surface area (Å²) in [7, 11) is 3.04. The molecule has 0 saturated heterocycles. The second kappa shape index (κ2) is 12.3. The van der Waals surface area contributed by atoms with Gasteiger partial charge in [-0.2, -0.15) is 13.2 Å². The molecule has 0 aromatic heterocycles. The lowest BCUT2D eigenvalue weighted by atomic mass is 10.1. The topological polar surface area (TPSA) is 64.1 Å². The van der Waals surface area contributed by atoms with E-state index in [0.717, 1.165) is 18.6 Å². The highest BCUT2D eigenvalue weighted by Gasteiger charge is 2.29. The molecular weight excluding hydrogens is 375 g/mol. The zero-order valence-electron chi connectivity index (χ0n) is 16.9. The first kappa shape index (κ1) is 23.9. The molecule has 0 aliphatic rings. The van der Waals surface area contributed by atoms with Crippen molar-refractivity contribution in [3.05, 3.63) is 23.8 Å². The van der Waals surface area contributed by atoms with Gasteiger partial charge in [-0.25, -0.2) is 0 Å². The highest BCUT2D eigenvalue weighted by Crippen LogP contribution is 2.29. The van der Waals surface area contributed by atoms with Crippen LogP contribution in [0.15, 0.2) is 23.2 Å². The molecule has 28 heavy (non-hydrogen) atoms. The van der Waals surface area contributed by atoms with Crippen molar-refractivity contribution in [2.45, 2.75) is 33.0 Å². The van der Waals surface area contributed by atoms with Gasteiger partial charge in [0, 0.05) is 26.7 Å². The first-order valence-corrected chi connectivity index (χ1v) is 9.14. The number of rotatable bonds is 11. The van der Waals surface area contributed by atoms with Crippen LogP contribution in [0.3, 0.4) is 0 Å². The van der Waals surface area contributed by atoms with Gasteiger partial charge in [-0.1, -0.05) is 19.9 Å². The molecule has 0 fully saturated rings. The molecule has 160 valence electrons. The number of nitrogens with zero attached hydrogens (tertiary/aromatic N) is 1. The molecule has 0 bridgehead atoms. The molecule has 1 aromatic rings. The maximum absolute atomic E-state index is 12.3. The van der Waals surface area contributed by atoms with Gasteiger partial charge in [0.1, 0.15) is 0 Å². The van der Waals surface area contributed by atoms with Crippen LogP contribution in [0.25, 0.3) is 0 Å².